The molecule has 0 radical (unpaired) electrons. The summed E-state index contributed by atoms with van der Waals surface area (Å²) < 4.78 is 4.84. The fraction of sp³-hybridized carbons (Fsp3) is 0.857. The van der Waals surface area contributed by atoms with E-state index in [1.54, 1.807) is 7.11 Å². The number of amides is 2. The van der Waals surface area contributed by atoms with Crippen molar-refractivity contribution in [3.05, 3.63) is 0 Å². The molecule has 1 saturated carbocycles. The molecule has 6 nitrogen and oxygen atoms in total. The van der Waals surface area contributed by atoms with Crippen molar-refractivity contribution in [1.82, 2.24) is 10.6 Å². The number of hydrogen-bond acceptors (Lipinski definition) is 4. The van der Waals surface area contributed by atoms with Gasteiger partial charge in [0.05, 0.1) is 18.6 Å². The third kappa shape index (κ3) is 5.09. The van der Waals surface area contributed by atoms with Gasteiger partial charge in [0.15, 0.2) is 0 Å². The van der Waals surface area contributed by atoms with Crippen LogP contribution in [0.25, 0.3) is 0 Å². The second-order valence-corrected chi connectivity index (χ2v) is 5.42. The summed E-state index contributed by atoms with van der Waals surface area (Å²) in [4.78, 5) is 23.9. The van der Waals surface area contributed by atoms with Gasteiger partial charge in [0.2, 0.25) is 11.8 Å². The molecule has 6 heteroatoms. The molecule has 4 N–H and O–H groups in total. The van der Waals surface area contributed by atoms with Gasteiger partial charge in [0.1, 0.15) is 0 Å². The Kier molecular flexibility index (Phi) is 7.54. The summed E-state index contributed by atoms with van der Waals surface area (Å²) in [7, 11) is 1.57. The molecule has 1 fully saturated rings. The van der Waals surface area contributed by atoms with E-state index < -0.39 is 5.41 Å². The fourth-order valence-electron chi connectivity index (χ4n) is 2.63. The van der Waals surface area contributed by atoms with Gasteiger partial charge in [-0.2, -0.15) is 0 Å². The molecule has 1 aliphatic carbocycles. The van der Waals surface area contributed by atoms with Gasteiger partial charge in [0, 0.05) is 20.2 Å². The zero-order chi connectivity index (χ0) is 14.8. The highest BCUT2D eigenvalue weighted by Gasteiger charge is 2.37. The fourth-order valence-corrected chi connectivity index (χ4v) is 2.63. The number of nitrogens with one attached hydrogen (secondary N) is 2. The lowest BCUT2D eigenvalue weighted by molar-refractivity contribution is -0.133. The topological polar surface area (TPSA) is 93.5 Å². The molecule has 116 valence electrons. The van der Waals surface area contributed by atoms with Crippen LogP contribution in [0.1, 0.15) is 38.5 Å². The molecule has 0 aromatic rings. The summed E-state index contributed by atoms with van der Waals surface area (Å²) >= 11 is 0. The molecule has 0 unspecified atom stereocenters. The standard InChI is InChI=1S/C14H27N3O3/c1-20-9-8-16-12(18)10-17-13(19)14(11-15)6-4-2-3-5-7-14/h2-11,15H2,1H3,(H,16,18)(H,17,19). The normalized spacial score (nSPS) is 18.1. The molecule has 0 aromatic heterocycles. The SMILES string of the molecule is COCCNC(=O)CNC(=O)C1(CN)CCCCCC1. The van der Waals surface area contributed by atoms with Crippen LogP contribution in [0.3, 0.4) is 0 Å². The van der Waals surface area contributed by atoms with E-state index in [2.05, 4.69) is 10.6 Å². The molecule has 20 heavy (non-hydrogen) atoms. The summed E-state index contributed by atoms with van der Waals surface area (Å²) in [6.07, 6.45) is 6.02. The van der Waals surface area contributed by atoms with Crippen molar-refractivity contribution < 1.29 is 14.3 Å². The number of hydrogen-bond donors (Lipinski definition) is 3. The minimum atomic E-state index is -0.483. The third-order valence-electron chi connectivity index (χ3n) is 3.97. The Hall–Kier alpha value is -1.14. The number of carbonyl (C=O) groups is 2. The van der Waals surface area contributed by atoms with E-state index in [1.165, 1.54) is 0 Å². The molecule has 0 aromatic carbocycles. The largest absolute Gasteiger partial charge is 0.383 e. The van der Waals surface area contributed by atoms with Crippen LogP contribution in [0.2, 0.25) is 0 Å². The molecular weight excluding hydrogens is 258 g/mol. The van der Waals surface area contributed by atoms with E-state index in [1.807, 2.05) is 0 Å². The average molecular weight is 285 g/mol. The molecule has 2 amide bonds. The van der Waals surface area contributed by atoms with Crippen LogP contribution in [0.5, 0.6) is 0 Å². The molecule has 0 saturated heterocycles. The van der Waals surface area contributed by atoms with Gasteiger partial charge in [-0.05, 0) is 12.8 Å². The molecule has 1 aliphatic rings. The van der Waals surface area contributed by atoms with E-state index in [4.69, 9.17) is 10.5 Å². The van der Waals surface area contributed by atoms with Crippen LogP contribution in [0.15, 0.2) is 0 Å². The first kappa shape index (κ1) is 16.9. The third-order valence-corrected chi connectivity index (χ3v) is 3.97. The number of nitrogens with two attached hydrogens (primary N) is 1. The number of ether oxygens (including phenoxy) is 1. The maximum absolute atomic E-state index is 12.3. The first-order valence-electron chi connectivity index (χ1n) is 7.38. The Labute approximate surface area is 120 Å². The van der Waals surface area contributed by atoms with Gasteiger partial charge >= 0.3 is 0 Å². The number of methoxy groups -OCH3 is 1. The van der Waals surface area contributed by atoms with Crippen LogP contribution in [-0.2, 0) is 14.3 Å². The Balaban J connectivity index is 2.40. The predicted molar refractivity (Wildman–Crippen MR) is 77.1 cm³/mol. The maximum Gasteiger partial charge on any atom is 0.239 e. The van der Waals surface area contributed by atoms with E-state index in [0.717, 1.165) is 38.5 Å². The lowest BCUT2D eigenvalue weighted by Crippen LogP contribution is -2.48. The van der Waals surface area contributed by atoms with Crippen molar-refractivity contribution in [2.75, 3.05) is 33.4 Å². The Morgan fingerprint density at radius 3 is 2.35 bits per heavy atom. The highest BCUT2D eigenvalue weighted by molar-refractivity contribution is 5.88. The highest BCUT2D eigenvalue weighted by atomic mass is 16.5. The minimum Gasteiger partial charge on any atom is -0.383 e. The zero-order valence-electron chi connectivity index (χ0n) is 12.4. The molecule has 0 heterocycles. The van der Waals surface area contributed by atoms with Crippen molar-refractivity contribution in [3.8, 4) is 0 Å². The smallest absolute Gasteiger partial charge is 0.239 e. The van der Waals surface area contributed by atoms with Gasteiger partial charge < -0.3 is 21.1 Å². The van der Waals surface area contributed by atoms with Gasteiger partial charge in [-0.3, -0.25) is 9.59 Å². The Morgan fingerprint density at radius 1 is 1.15 bits per heavy atom. The summed E-state index contributed by atoms with van der Waals surface area (Å²) in [5.74, 6) is -0.278. The maximum atomic E-state index is 12.3. The summed E-state index contributed by atoms with van der Waals surface area (Å²) in [6, 6.07) is 0. The Bertz CT molecular complexity index is 313. The molecule has 0 aliphatic heterocycles. The summed E-state index contributed by atoms with van der Waals surface area (Å²) in [6.45, 7) is 1.27. The molecule has 0 atom stereocenters. The second kappa shape index (κ2) is 8.92. The number of rotatable bonds is 7. The first-order valence-corrected chi connectivity index (χ1v) is 7.38. The second-order valence-electron chi connectivity index (χ2n) is 5.42. The summed E-state index contributed by atoms with van der Waals surface area (Å²) in [5, 5.41) is 5.40. The molecular formula is C14H27N3O3. The van der Waals surface area contributed by atoms with Crippen LogP contribution < -0.4 is 16.4 Å². The van der Waals surface area contributed by atoms with Crippen molar-refractivity contribution in [1.29, 1.82) is 0 Å². The van der Waals surface area contributed by atoms with Crippen molar-refractivity contribution >= 4 is 11.8 Å². The van der Waals surface area contributed by atoms with E-state index in [9.17, 15) is 9.59 Å². The van der Waals surface area contributed by atoms with Crippen LogP contribution in [-0.4, -0.2) is 45.2 Å². The van der Waals surface area contributed by atoms with E-state index in [0.29, 0.717) is 19.7 Å². The van der Waals surface area contributed by atoms with Crippen molar-refractivity contribution in [3.63, 3.8) is 0 Å². The van der Waals surface area contributed by atoms with Gasteiger partial charge in [0.25, 0.3) is 0 Å². The first-order chi connectivity index (χ1) is 9.64. The van der Waals surface area contributed by atoms with Crippen LogP contribution in [0.4, 0.5) is 0 Å². The average Bonchev–Trinajstić information content (AvgIpc) is 2.71. The van der Waals surface area contributed by atoms with E-state index >= 15 is 0 Å². The predicted octanol–water partition coefficient (Wildman–Crippen LogP) is 0.165. The van der Waals surface area contributed by atoms with Crippen LogP contribution >= 0.6 is 0 Å². The monoisotopic (exact) mass is 285 g/mol. The van der Waals surface area contributed by atoms with Gasteiger partial charge in [-0.15, -0.1) is 0 Å². The molecule has 1 rings (SSSR count). The summed E-state index contributed by atoms with van der Waals surface area (Å²) in [5.41, 5.74) is 5.35. The number of carbonyl (C=O) groups excluding carboxylic acids is 2. The Morgan fingerprint density at radius 2 is 1.80 bits per heavy atom. The van der Waals surface area contributed by atoms with E-state index in [-0.39, 0.29) is 18.4 Å². The van der Waals surface area contributed by atoms with Crippen molar-refractivity contribution in [2.24, 2.45) is 11.1 Å². The molecule has 0 bridgehead atoms. The lowest BCUT2D eigenvalue weighted by Gasteiger charge is -2.29. The van der Waals surface area contributed by atoms with Crippen molar-refractivity contribution in [2.45, 2.75) is 38.5 Å². The van der Waals surface area contributed by atoms with Gasteiger partial charge in [-0.25, -0.2) is 0 Å². The molecule has 0 spiro atoms. The highest BCUT2D eigenvalue weighted by Crippen LogP contribution is 2.34. The minimum absolute atomic E-state index is 0.00426. The van der Waals surface area contributed by atoms with Crippen LogP contribution in [0, 0.1) is 5.41 Å². The quantitative estimate of drug-likeness (QED) is 0.459. The zero-order valence-corrected chi connectivity index (χ0v) is 12.4. The van der Waals surface area contributed by atoms with Gasteiger partial charge in [-0.1, -0.05) is 25.7 Å². The lowest BCUT2D eigenvalue weighted by atomic mass is 9.79.